The Labute approximate surface area is 182 Å². The van der Waals surface area contributed by atoms with Gasteiger partial charge in [0.2, 0.25) is 10.0 Å². The molecule has 8 nitrogen and oxygen atoms in total. The maximum Gasteiger partial charge on any atom is 0.251 e. The molecule has 2 fully saturated rings. The number of aromatic nitrogens is 1. The lowest BCUT2D eigenvalue weighted by Gasteiger charge is -2.31. The summed E-state index contributed by atoms with van der Waals surface area (Å²) in [5, 5.41) is 3.13. The maximum atomic E-state index is 13.0. The summed E-state index contributed by atoms with van der Waals surface area (Å²) in [6.45, 7) is 2.80. The zero-order chi connectivity index (χ0) is 21.7. The van der Waals surface area contributed by atoms with Crippen LogP contribution in [0.15, 0.2) is 53.7 Å². The smallest absolute Gasteiger partial charge is 0.251 e. The van der Waals surface area contributed by atoms with Gasteiger partial charge in [-0.2, -0.15) is 4.31 Å². The van der Waals surface area contributed by atoms with Crippen LogP contribution in [0.1, 0.15) is 34.8 Å². The van der Waals surface area contributed by atoms with Crippen molar-refractivity contribution in [3.05, 3.63) is 59.9 Å². The highest BCUT2D eigenvalue weighted by atomic mass is 32.2. The molecule has 0 radical (unpaired) electrons. The van der Waals surface area contributed by atoms with E-state index in [9.17, 15) is 13.2 Å². The number of carbonyl (C=O) groups is 1. The highest BCUT2D eigenvalue weighted by molar-refractivity contribution is 7.89. The Morgan fingerprint density at radius 3 is 2.35 bits per heavy atom. The van der Waals surface area contributed by atoms with Crippen LogP contribution in [-0.2, 0) is 19.5 Å². The highest BCUT2D eigenvalue weighted by Gasteiger charge is 2.29. The first-order valence-corrected chi connectivity index (χ1v) is 12.0. The molecule has 0 spiro atoms. The molecule has 2 aromatic rings. The van der Waals surface area contributed by atoms with Crippen molar-refractivity contribution in [3.8, 4) is 0 Å². The molecular weight excluding hydrogens is 418 g/mol. The van der Waals surface area contributed by atoms with Crippen LogP contribution in [0.2, 0.25) is 0 Å². The average Bonchev–Trinajstić information content (AvgIpc) is 2.84. The molecule has 1 amide bonds. The molecule has 2 saturated heterocycles. The number of sulfonamides is 1. The van der Waals surface area contributed by atoms with E-state index in [0.29, 0.717) is 45.1 Å². The van der Waals surface area contributed by atoms with Crippen molar-refractivity contribution in [2.75, 3.05) is 39.5 Å². The average molecular weight is 446 g/mol. The normalized spacial score (nSPS) is 19.6. The standard InChI is InChI=1S/C22H27N3O5S/c26-22(24-21(17-7-12-29-13-8-17)19-2-1-9-23-16-19)18-3-5-20(6-4-18)31(27,28)25-10-14-30-15-11-25/h1-6,9,16-17,21H,7-8,10-15H2,(H,24,26)/t21-/m1/s1. The van der Waals surface area contributed by atoms with Crippen LogP contribution in [0.25, 0.3) is 0 Å². The predicted octanol–water partition coefficient (Wildman–Crippen LogP) is 2.00. The number of nitrogens with zero attached hydrogens (tertiary/aromatic N) is 2. The topological polar surface area (TPSA) is 97.8 Å². The van der Waals surface area contributed by atoms with E-state index in [0.717, 1.165) is 18.4 Å². The van der Waals surface area contributed by atoms with E-state index in [1.54, 1.807) is 24.5 Å². The number of hydrogen-bond acceptors (Lipinski definition) is 6. The first kappa shape index (κ1) is 21.9. The summed E-state index contributed by atoms with van der Waals surface area (Å²) >= 11 is 0. The van der Waals surface area contributed by atoms with Gasteiger partial charge in [0.15, 0.2) is 0 Å². The van der Waals surface area contributed by atoms with Gasteiger partial charge >= 0.3 is 0 Å². The van der Waals surface area contributed by atoms with E-state index < -0.39 is 10.0 Å². The Balaban J connectivity index is 1.50. The van der Waals surface area contributed by atoms with Gasteiger partial charge in [-0.3, -0.25) is 9.78 Å². The molecule has 3 heterocycles. The van der Waals surface area contributed by atoms with Crippen molar-refractivity contribution in [3.63, 3.8) is 0 Å². The summed E-state index contributed by atoms with van der Waals surface area (Å²) in [5.41, 5.74) is 1.37. The fourth-order valence-corrected chi connectivity index (χ4v) is 5.43. The summed E-state index contributed by atoms with van der Waals surface area (Å²) in [7, 11) is -3.59. The summed E-state index contributed by atoms with van der Waals surface area (Å²) < 4.78 is 37.7. The molecule has 1 atom stereocenters. The van der Waals surface area contributed by atoms with E-state index in [2.05, 4.69) is 10.3 Å². The Bertz CT molecular complexity index is 970. The van der Waals surface area contributed by atoms with Crippen LogP contribution in [0, 0.1) is 5.92 Å². The van der Waals surface area contributed by atoms with Gasteiger partial charge in [-0.05, 0) is 54.7 Å². The maximum absolute atomic E-state index is 13.0. The van der Waals surface area contributed by atoms with Gasteiger partial charge in [-0.25, -0.2) is 8.42 Å². The van der Waals surface area contributed by atoms with Crippen molar-refractivity contribution in [1.82, 2.24) is 14.6 Å². The third kappa shape index (κ3) is 5.12. The number of carbonyl (C=O) groups excluding carboxylic acids is 1. The second-order valence-corrected chi connectivity index (χ2v) is 9.67. The van der Waals surface area contributed by atoms with Gasteiger partial charge in [-0.15, -0.1) is 0 Å². The molecule has 0 unspecified atom stereocenters. The predicted molar refractivity (Wildman–Crippen MR) is 114 cm³/mol. The van der Waals surface area contributed by atoms with Crippen molar-refractivity contribution in [2.45, 2.75) is 23.8 Å². The minimum atomic E-state index is -3.59. The summed E-state index contributed by atoms with van der Waals surface area (Å²) in [6, 6.07) is 9.76. The molecule has 4 rings (SSSR count). The van der Waals surface area contributed by atoms with Crippen LogP contribution in [0.5, 0.6) is 0 Å². The number of rotatable bonds is 6. The van der Waals surface area contributed by atoms with Gasteiger partial charge in [0.05, 0.1) is 24.2 Å². The summed E-state index contributed by atoms with van der Waals surface area (Å²) in [5.74, 6) is 0.0125. The van der Waals surface area contributed by atoms with E-state index in [1.807, 2.05) is 12.1 Å². The second-order valence-electron chi connectivity index (χ2n) is 7.73. The number of morpholine rings is 1. The van der Waals surface area contributed by atoms with Crippen molar-refractivity contribution in [2.24, 2.45) is 5.92 Å². The fraction of sp³-hybridized carbons (Fsp3) is 0.455. The number of hydrogen-bond donors (Lipinski definition) is 1. The van der Waals surface area contributed by atoms with E-state index >= 15 is 0 Å². The van der Waals surface area contributed by atoms with Crippen molar-refractivity contribution < 1.29 is 22.7 Å². The van der Waals surface area contributed by atoms with Gasteiger partial charge in [0.25, 0.3) is 5.91 Å². The van der Waals surface area contributed by atoms with Gasteiger partial charge in [0.1, 0.15) is 0 Å². The lowest BCUT2D eigenvalue weighted by molar-refractivity contribution is 0.0513. The summed E-state index contributed by atoms with van der Waals surface area (Å²) in [6.07, 6.45) is 5.20. The zero-order valence-electron chi connectivity index (χ0n) is 17.3. The molecule has 1 N–H and O–H groups in total. The third-order valence-corrected chi connectivity index (χ3v) is 7.70. The highest BCUT2D eigenvalue weighted by Crippen LogP contribution is 2.30. The van der Waals surface area contributed by atoms with Crippen LogP contribution in [0.3, 0.4) is 0 Å². The number of nitrogens with one attached hydrogen (secondary N) is 1. The minimum absolute atomic E-state index is 0.179. The largest absolute Gasteiger partial charge is 0.381 e. The Hall–Kier alpha value is -2.33. The summed E-state index contributed by atoms with van der Waals surface area (Å²) in [4.78, 5) is 17.4. The van der Waals surface area contributed by atoms with Crippen LogP contribution in [0.4, 0.5) is 0 Å². The number of benzene rings is 1. The monoisotopic (exact) mass is 445 g/mol. The van der Waals surface area contributed by atoms with Gasteiger partial charge in [0, 0.05) is 44.3 Å². The Kier molecular flexibility index (Phi) is 6.96. The first-order valence-electron chi connectivity index (χ1n) is 10.5. The van der Waals surface area contributed by atoms with Crippen molar-refractivity contribution in [1.29, 1.82) is 0 Å². The van der Waals surface area contributed by atoms with Gasteiger partial charge < -0.3 is 14.8 Å². The molecule has 9 heteroatoms. The molecule has 166 valence electrons. The second kappa shape index (κ2) is 9.86. The fourth-order valence-electron chi connectivity index (χ4n) is 4.02. The Morgan fingerprint density at radius 2 is 1.71 bits per heavy atom. The number of amides is 1. The van der Waals surface area contributed by atoms with E-state index in [-0.39, 0.29) is 22.8 Å². The molecule has 31 heavy (non-hydrogen) atoms. The van der Waals surface area contributed by atoms with Crippen LogP contribution in [-0.4, -0.2) is 63.1 Å². The number of ether oxygens (including phenoxy) is 2. The quantitative estimate of drug-likeness (QED) is 0.730. The van der Waals surface area contributed by atoms with E-state index in [1.165, 1.54) is 16.4 Å². The molecule has 1 aromatic heterocycles. The molecule has 0 aliphatic carbocycles. The molecular formula is C22H27N3O5S. The number of pyridine rings is 1. The minimum Gasteiger partial charge on any atom is -0.381 e. The molecule has 2 aliphatic heterocycles. The first-order chi connectivity index (χ1) is 15.1. The molecule has 2 aliphatic rings. The van der Waals surface area contributed by atoms with Crippen LogP contribution >= 0.6 is 0 Å². The lowest BCUT2D eigenvalue weighted by Crippen LogP contribution is -2.40. The lowest BCUT2D eigenvalue weighted by atomic mass is 9.87. The van der Waals surface area contributed by atoms with E-state index in [4.69, 9.17) is 9.47 Å². The molecule has 0 bridgehead atoms. The Morgan fingerprint density at radius 1 is 1.03 bits per heavy atom. The van der Waals surface area contributed by atoms with Crippen molar-refractivity contribution >= 4 is 15.9 Å². The van der Waals surface area contributed by atoms with Crippen LogP contribution < -0.4 is 5.32 Å². The van der Waals surface area contributed by atoms with Gasteiger partial charge in [-0.1, -0.05) is 6.07 Å². The molecule has 0 saturated carbocycles. The third-order valence-electron chi connectivity index (χ3n) is 5.79. The SMILES string of the molecule is O=C(N[C@@H](c1cccnc1)C1CCOCC1)c1ccc(S(=O)(=O)N2CCOCC2)cc1. The zero-order valence-corrected chi connectivity index (χ0v) is 18.1. The molecule has 1 aromatic carbocycles.